The average Bonchev–Trinajstić information content (AvgIpc) is 3.19. The first-order valence-corrected chi connectivity index (χ1v) is 9.34. The van der Waals surface area contributed by atoms with Crippen LogP contribution in [0.15, 0.2) is 36.5 Å². The van der Waals surface area contributed by atoms with Gasteiger partial charge in [0.1, 0.15) is 5.82 Å². The van der Waals surface area contributed by atoms with E-state index < -0.39 is 6.10 Å². The van der Waals surface area contributed by atoms with Crippen molar-refractivity contribution >= 4 is 29.2 Å². The van der Waals surface area contributed by atoms with E-state index in [2.05, 4.69) is 15.3 Å². The number of nitrogens with zero attached hydrogens (tertiary/aromatic N) is 4. The quantitative estimate of drug-likeness (QED) is 0.851. The van der Waals surface area contributed by atoms with Crippen molar-refractivity contribution < 1.29 is 14.3 Å². The highest BCUT2D eigenvalue weighted by molar-refractivity contribution is 6.30. The minimum absolute atomic E-state index is 0.0867. The fourth-order valence-electron chi connectivity index (χ4n) is 3.74. The summed E-state index contributed by atoms with van der Waals surface area (Å²) in [5.74, 6) is 0.722. The van der Waals surface area contributed by atoms with Gasteiger partial charge in [-0.25, -0.2) is 9.78 Å². The Balaban J connectivity index is 1.46. The summed E-state index contributed by atoms with van der Waals surface area (Å²) in [6.07, 6.45) is 0.927. The monoisotopic (exact) mass is 401 g/mol. The molecule has 146 valence electrons. The van der Waals surface area contributed by atoms with Gasteiger partial charge >= 0.3 is 6.03 Å². The van der Waals surface area contributed by atoms with Gasteiger partial charge in [-0.05, 0) is 31.2 Å². The van der Waals surface area contributed by atoms with Crippen molar-refractivity contribution in [3.8, 4) is 5.88 Å². The van der Waals surface area contributed by atoms with Gasteiger partial charge in [0.15, 0.2) is 6.10 Å². The highest BCUT2D eigenvalue weighted by atomic mass is 35.5. The van der Waals surface area contributed by atoms with E-state index in [9.17, 15) is 9.59 Å². The van der Waals surface area contributed by atoms with Crippen molar-refractivity contribution in [1.82, 2.24) is 19.8 Å². The van der Waals surface area contributed by atoms with Gasteiger partial charge in [0.25, 0.3) is 5.91 Å². The summed E-state index contributed by atoms with van der Waals surface area (Å²) in [7, 11) is 1.75. The zero-order valence-corrected chi connectivity index (χ0v) is 16.3. The zero-order valence-electron chi connectivity index (χ0n) is 15.5. The molecule has 0 unspecified atom stereocenters. The summed E-state index contributed by atoms with van der Waals surface area (Å²) in [6.45, 7) is 2.64. The molecule has 8 nitrogen and oxygen atoms in total. The third-order valence-corrected chi connectivity index (χ3v) is 5.44. The summed E-state index contributed by atoms with van der Waals surface area (Å²) >= 11 is 5.88. The highest BCUT2D eigenvalue weighted by Gasteiger charge is 2.53. The molecular weight excluding hydrogens is 382 g/mol. The first-order chi connectivity index (χ1) is 13.4. The smallest absolute Gasteiger partial charge is 0.321 e. The number of rotatable bonds is 3. The third kappa shape index (κ3) is 3.47. The minimum Gasteiger partial charge on any atom is -0.464 e. The number of amides is 3. The Kier molecular flexibility index (Phi) is 4.80. The van der Waals surface area contributed by atoms with E-state index in [0.29, 0.717) is 35.5 Å². The Morgan fingerprint density at radius 2 is 2.00 bits per heavy atom. The van der Waals surface area contributed by atoms with Gasteiger partial charge in [0.2, 0.25) is 5.88 Å². The molecular formula is C19H20ClN5O3. The van der Waals surface area contributed by atoms with Crippen LogP contribution >= 0.6 is 11.6 Å². The van der Waals surface area contributed by atoms with E-state index in [0.717, 1.165) is 0 Å². The molecule has 1 aromatic heterocycles. The van der Waals surface area contributed by atoms with E-state index in [1.165, 1.54) is 0 Å². The van der Waals surface area contributed by atoms with Crippen LogP contribution in [0.4, 0.5) is 10.5 Å². The van der Waals surface area contributed by atoms with Crippen LogP contribution < -0.4 is 10.1 Å². The SMILES string of the molecule is Cc1nccc(O[C@@H]2C(=O)N(C)[C@@H]3CN(C(=O)Nc4ccc(Cl)cc4)C[C@H]23)n1. The maximum absolute atomic E-state index is 12.6. The van der Waals surface area contributed by atoms with E-state index in [-0.39, 0.29) is 23.9 Å². The van der Waals surface area contributed by atoms with Gasteiger partial charge < -0.3 is 19.9 Å². The largest absolute Gasteiger partial charge is 0.464 e. The van der Waals surface area contributed by atoms with Crippen molar-refractivity contribution in [2.75, 3.05) is 25.5 Å². The van der Waals surface area contributed by atoms with Crippen LogP contribution in [0.2, 0.25) is 5.02 Å². The standard InChI is InChI=1S/C19H20ClN5O3/c1-11-21-8-7-16(22-11)28-17-14-9-25(10-15(14)24(2)18(17)26)19(27)23-13-5-3-12(20)4-6-13/h3-8,14-15,17H,9-10H2,1-2H3,(H,23,27)/t14-,15+,17-/m0/s1. The van der Waals surface area contributed by atoms with Crippen molar-refractivity contribution in [3.63, 3.8) is 0 Å². The maximum atomic E-state index is 12.6. The second-order valence-corrected chi connectivity index (χ2v) is 7.44. The number of anilines is 1. The Labute approximate surface area is 167 Å². The van der Waals surface area contributed by atoms with E-state index in [1.807, 2.05) is 0 Å². The molecule has 0 saturated carbocycles. The fourth-order valence-corrected chi connectivity index (χ4v) is 3.86. The normalized spacial score (nSPS) is 23.7. The second-order valence-electron chi connectivity index (χ2n) is 7.00. The number of hydrogen-bond acceptors (Lipinski definition) is 5. The molecule has 0 spiro atoms. The summed E-state index contributed by atoms with van der Waals surface area (Å²) in [6, 6.07) is 8.26. The molecule has 2 fully saturated rings. The van der Waals surface area contributed by atoms with Crippen LogP contribution in [0, 0.1) is 12.8 Å². The average molecular weight is 402 g/mol. The summed E-state index contributed by atoms with van der Waals surface area (Å²) in [5.41, 5.74) is 0.667. The molecule has 0 aliphatic carbocycles. The summed E-state index contributed by atoms with van der Waals surface area (Å²) < 4.78 is 5.90. The summed E-state index contributed by atoms with van der Waals surface area (Å²) in [4.78, 5) is 36.9. The number of likely N-dealkylation sites (N-methyl/N-ethyl adjacent to an activating group) is 1. The lowest BCUT2D eigenvalue weighted by Crippen LogP contribution is -2.41. The number of carbonyl (C=O) groups is 2. The van der Waals surface area contributed by atoms with E-state index >= 15 is 0 Å². The van der Waals surface area contributed by atoms with Gasteiger partial charge in [-0.15, -0.1) is 0 Å². The molecule has 0 radical (unpaired) electrons. The molecule has 3 atom stereocenters. The number of aryl methyl sites for hydroxylation is 1. The molecule has 2 saturated heterocycles. The number of urea groups is 1. The van der Waals surface area contributed by atoms with Crippen LogP contribution in [0.3, 0.4) is 0 Å². The molecule has 3 amide bonds. The topological polar surface area (TPSA) is 87.7 Å². The lowest BCUT2D eigenvalue weighted by molar-refractivity contribution is -0.133. The molecule has 2 aromatic rings. The van der Waals surface area contributed by atoms with Crippen molar-refractivity contribution in [1.29, 1.82) is 0 Å². The Morgan fingerprint density at radius 3 is 2.71 bits per heavy atom. The molecule has 1 N–H and O–H groups in total. The molecule has 1 aromatic carbocycles. The number of ether oxygens (including phenoxy) is 1. The zero-order chi connectivity index (χ0) is 19.8. The molecule has 28 heavy (non-hydrogen) atoms. The molecule has 2 aliphatic heterocycles. The van der Waals surface area contributed by atoms with Gasteiger partial charge in [0, 0.05) is 49.0 Å². The Hall–Kier alpha value is -2.87. The minimum atomic E-state index is -0.669. The summed E-state index contributed by atoms with van der Waals surface area (Å²) in [5, 5.41) is 3.47. The molecule has 2 aliphatic rings. The van der Waals surface area contributed by atoms with Crippen LogP contribution in [0.5, 0.6) is 5.88 Å². The number of nitrogens with one attached hydrogen (secondary N) is 1. The van der Waals surface area contributed by atoms with Crippen LogP contribution in [0.1, 0.15) is 5.82 Å². The van der Waals surface area contributed by atoms with Gasteiger partial charge in [-0.2, -0.15) is 4.98 Å². The number of carbonyl (C=O) groups excluding carboxylic acids is 2. The van der Waals surface area contributed by atoms with Gasteiger partial charge in [-0.1, -0.05) is 11.6 Å². The lowest BCUT2D eigenvalue weighted by Gasteiger charge is -2.22. The Bertz CT molecular complexity index is 907. The predicted molar refractivity (Wildman–Crippen MR) is 103 cm³/mol. The third-order valence-electron chi connectivity index (χ3n) is 5.19. The van der Waals surface area contributed by atoms with Crippen LogP contribution in [0.25, 0.3) is 0 Å². The number of hydrogen-bond donors (Lipinski definition) is 1. The first kappa shape index (κ1) is 18.5. The predicted octanol–water partition coefficient (Wildman–Crippen LogP) is 2.19. The Morgan fingerprint density at radius 1 is 1.25 bits per heavy atom. The fraction of sp³-hybridized carbons (Fsp3) is 0.368. The van der Waals surface area contributed by atoms with Crippen LogP contribution in [-0.2, 0) is 4.79 Å². The van der Waals surface area contributed by atoms with Crippen molar-refractivity contribution in [2.24, 2.45) is 5.92 Å². The number of likely N-dealkylation sites (tertiary alicyclic amines) is 2. The lowest BCUT2D eigenvalue weighted by atomic mass is 10.0. The van der Waals surface area contributed by atoms with E-state index in [4.69, 9.17) is 16.3 Å². The van der Waals surface area contributed by atoms with Crippen molar-refractivity contribution in [2.45, 2.75) is 19.1 Å². The van der Waals surface area contributed by atoms with Crippen LogP contribution in [-0.4, -0.2) is 64.0 Å². The molecule has 0 bridgehead atoms. The number of aromatic nitrogens is 2. The number of fused-ring (bicyclic) bond motifs is 1. The second kappa shape index (κ2) is 7.27. The highest BCUT2D eigenvalue weighted by Crippen LogP contribution is 2.34. The molecule has 4 rings (SSSR count). The van der Waals surface area contributed by atoms with Gasteiger partial charge in [-0.3, -0.25) is 4.79 Å². The molecule has 9 heteroatoms. The maximum Gasteiger partial charge on any atom is 0.321 e. The number of benzene rings is 1. The molecule has 3 heterocycles. The van der Waals surface area contributed by atoms with Crippen molar-refractivity contribution in [3.05, 3.63) is 47.4 Å². The first-order valence-electron chi connectivity index (χ1n) is 8.97. The van der Waals surface area contributed by atoms with Gasteiger partial charge in [0.05, 0.1) is 6.04 Å². The van der Waals surface area contributed by atoms with E-state index in [1.54, 1.807) is 60.3 Å². The number of halogens is 1.